The number of nitrogens with one attached hydrogen (secondary N) is 3. The third kappa shape index (κ3) is 3.67. The summed E-state index contributed by atoms with van der Waals surface area (Å²) < 4.78 is 0. The minimum Gasteiger partial charge on any atom is -0.357 e. The molecule has 0 saturated carbocycles. The summed E-state index contributed by atoms with van der Waals surface area (Å²) in [5.74, 6) is 0.733. The standard InChI is InChI=1S/C19H22ClN5O/c20-14-5-3-13(4-6-14)18-16(12-22-24-18)19(26)23-15-7-8-17(21-11-15)25-9-1-2-10-25/h3-8,11,16,18,22,24H,1-2,9-10,12H2,(H,23,26). The van der Waals surface area contributed by atoms with Crippen molar-refractivity contribution in [2.24, 2.45) is 5.92 Å². The molecule has 2 aliphatic rings. The molecular formula is C19H22ClN5O. The minimum absolute atomic E-state index is 0.0295. The number of nitrogens with zero attached hydrogens (tertiary/aromatic N) is 2. The van der Waals surface area contributed by atoms with Crippen molar-refractivity contribution in [3.63, 3.8) is 0 Å². The maximum absolute atomic E-state index is 12.8. The van der Waals surface area contributed by atoms with E-state index >= 15 is 0 Å². The van der Waals surface area contributed by atoms with E-state index in [1.54, 1.807) is 6.20 Å². The van der Waals surface area contributed by atoms with Gasteiger partial charge >= 0.3 is 0 Å². The van der Waals surface area contributed by atoms with E-state index in [0.717, 1.165) is 30.2 Å². The van der Waals surface area contributed by atoms with Gasteiger partial charge in [-0.3, -0.25) is 10.2 Å². The average Bonchev–Trinajstić information content (AvgIpc) is 3.35. The van der Waals surface area contributed by atoms with Gasteiger partial charge in [0.25, 0.3) is 0 Å². The highest BCUT2D eigenvalue weighted by Gasteiger charge is 2.34. The third-order valence-electron chi connectivity index (χ3n) is 4.99. The van der Waals surface area contributed by atoms with E-state index in [1.807, 2.05) is 36.4 Å². The molecular weight excluding hydrogens is 350 g/mol. The molecule has 2 atom stereocenters. The summed E-state index contributed by atoms with van der Waals surface area (Å²) in [5, 5.41) is 3.67. The van der Waals surface area contributed by atoms with E-state index in [-0.39, 0.29) is 17.9 Å². The quantitative estimate of drug-likeness (QED) is 0.771. The number of halogens is 1. The van der Waals surface area contributed by atoms with Gasteiger partial charge in [0.05, 0.1) is 23.8 Å². The highest BCUT2D eigenvalue weighted by atomic mass is 35.5. The summed E-state index contributed by atoms with van der Waals surface area (Å²) in [4.78, 5) is 19.5. The molecule has 3 heterocycles. The van der Waals surface area contributed by atoms with Crippen molar-refractivity contribution in [2.75, 3.05) is 29.9 Å². The van der Waals surface area contributed by atoms with Crippen LogP contribution in [0, 0.1) is 5.92 Å². The minimum atomic E-state index is -0.213. The Balaban J connectivity index is 1.42. The van der Waals surface area contributed by atoms with Crippen LogP contribution in [0.4, 0.5) is 11.5 Å². The smallest absolute Gasteiger partial charge is 0.230 e. The maximum atomic E-state index is 12.8. The van der Waals surface area contributed by atoms with E-state index in [9.17, 15) is 4.79 Å². The summed E-state index contributed by atoms with van der Waals surface area (Å²) in [6, 6.07) is 11.4. The predicted octanol–water partition coefficient (Wildman–Crippen LogP) is 2.74. The van der Waals surface area contributed by atoms with Crippen molar-refractivity contribution in [1.29, 1.82) is 0 Å². The lowest BCUT2D eigenvalue weighted by atomic mass is 9.94. The van der Waals surface area contributed by atoms with Crippen molar-refractivity contribution >= 4 is 29.0 Å². The molecule has 2 aliphatic heterocycles. The first-order valence-corrected chi connectivity index (χ1v) is 9.34. The van der Waals surface area contributed by atoms with Crippen molar-refractivity contribution in [3.8, 4) is 0 Å². The fourth-order valence-corrected chi connectivity index (χ4v) is 3.68. The first kappa shape index (κ1) is 17.3. The van der Waals surface area contributed by atoms with Gasteiger partial charge in [-0.05, 0) is 42.7 Å². The summed E-state index contributed by atoms with van der Waals surface area (Å²) >= 11 is 5.96. The molecule has 2 saturated heterocycles. The van der Waals surface area contributed by atoms with E-state index < -0.39 is 0 Å². The Hall–Kier alpha value is -2.15. The number of hydrazine groups is 1. The number of carbonyl (C=O) groups is 1. The Morgan fingerprint density at radius 2 is 1.92 bits per heavy atom. The second-order valence-electron chi connectivity index (χ2n) is 6.75. The van der Waals surface area contributed by atoms with E-state index in [2.05, 4.69) is 26.1 Å². The van der Waals surface area contributed by atoms with Crippen molar-refractivity contribution in [2.45, 2.75) is 18.9 Å². The Morgan fingerprint density at radius 1 is 1.15 bits per heavy atom. The summed E-state index contributed by atoms with van der Waals surface area (Å²) in [7, 11) is 0. The first-order chi connectivity index (χ1) is 12.7. The van der Waals surface area contributed by atoms with Crippen LogP contribution in [-0.2, 0) is 4.79 Å². The second kappa shape index (κ2) is 7.61. The van der Waals surface area contributed by atoms with Crippen LogP contribution < -0.4 is 21.1 Å². The number of pyridine rings is 1. The number of amides is 1. The molecule has 7 heteroatoms. The Morgan fingerprint density at radius 3 is 2.62 bits per heavy atom. The zero-order valence-corrected chi connectivity index (χ0v) is 15.2. The van der Waals surface area contributed by atoms with Crippen LogP contribution in [0.25, 0.3) is 0 Å². The van der Waals surface area contributed by atoms with Crippen LogP contribution in [-0.4, -0.2) is 30.5 Å². The van der Waals surface area contributed by atoms with E-state index in [1.165, 1.54) is 12.8 Å². The number of aromatic nitrogens is 1. The summed E-state index contributed by atoms with van der Waals surface area (Å²) in [6.45, 7) is 2.68. The van der Waals surface area contributed by atoms with Crippen LogP contribution in [0.2, 0.25) is 5.02 Å². The molecule has 2 aromatic rings. The van der Waals surface area contributed by atoms with Crippen molar-refractivity contribution in [3.05, 3.63) is 53.2 Å². The van der Waals surface area contributed by atoms with Gasteiger partial charge in [0.15, 0.2) is 0 Å². The molecule has 2 fully saturated rings. The van der Waals surface area contributed by atoms with Gasteiger partial charge in [-0.2, -0.15) is 0 Å². The lowest BCUT2D eigenvalue weighted by molar-refractivity contribution is -0.119. The molecule has 1 aromatic carbocycles. The molecule has 0 bridgehead atoms. The van der Waals surface area contributed by atoms with Gasteiger partial charge in [0, 0.05) is 24.7 Å². The predicted molar refractivity (Wildman–Crippen MR) is 103 cm³/mol. The number of hydrogen-bond acceptors (Lipinski definition) is 5. The van der Waals surface area contributed by atoms with Gasteiger partial charge < -0.3 is 10.2 Å². The Bertz CT molecular complexity index is 759. The fourth-order valence-electron chi connectivity index (χ4n) is 3.56. The number of hydrogen-bond donors (Lipinski definition) is 3. The second-order valence-corrected chi connectivity index (χ2v) is 7.19. The van der Waals surface area contributed by atoms with Crippen molar-refractivity contribution < 1.29 is 4.79 Å². The summed E-state index contributed by atoms with van der Waals surface area (Å²) in [5.41, 5.74) is 8.01. The maximum Gasteiger partial charge on any atom is 0.230 e. The molecule has 0 spiro atoms. The fraction of sp³-hybridized carbons (Fsp3) is 0.368. The molecule has 6 nitrogen and oxygen atoms in total. The molecule has 136 valence electrons. The largest absolute Gasteiger partial charge is 0.357 e. The molecule has 3 N–H and O–H groups in total. The van der Waals surface area contributed by atoms with E-state index in [0.29, 0.717) is 11.6 Å². The Kier molecular flexibility index (Phi) is 5.06. The highest BCUT2D eigenvalue weighted by molar-refractivity contribution is 6.30. The molecule has 0 aliphatic carbocycles. The number of benzene rings is 1. The lowest BCUT2D eigenvalue weighted by Gasteiger charge is -2.19. The number of carbonyl (C=O) groups excluding carboxylic acids is 1. The number of rotatable bonds is 4. The van der Waals surface area contributed by atoms with Gasteiger partial charge in [0.2, 0.25) is 5.91 Å². The average molecular weight is 372 g/mol. The Labute approximate surface area is 157 Å². The third-order valence-corrected chi connectivity index (χ3v) is 5.25. The lowest BCUT2D eigenvalue weighted by Crippen LogP contribution is -2.29. The summed E-state index contributed by atoms with van der Waals surface area (Å²) in [6.07, 6.45) is 4.17. The zero-order chi connectivity index (χ0) is 17.9. The van der Waals surface area contributed by atoms with Crippen molar-refractivity contribution in [1.82, 2.24) is 15.8 Å². The van der Waals surface area contributed by atoms with Crippen LogP contribution in [0.15, 0.2) is 42.6 Å². The molecule has 2 unspecified atom stereocenters. The molecule has 0 radical (unpaired) electrons. The molecule has 1 amide bonds. The van der Waals surface area contributed by atoms with Crippen LogP contribution in [0.5, 0.6) is 0 Å². The SMILES string of the molecule is O=C(Nc1ccc(N2CCCC2)nc1)C1CNNC1c1ccc(Cl)cc1. The van der Waals surface area contributed by atoms with Gasteiger partial charge in [-0.25, -0.2) is 10.4 Å². The van der Waals surface area contributed by atoms with Crippen LogP contribution in [0.3, 0.4) is 0 Å². The van der Waals surface area contributed by atoms with Gasteiger partial charge in [-0.1, -0.05) is 23.7 Å². The topological polar surface area (TPSA) is 69.3 Å². The molecule has 1 aromatic heterocycles. The zero-order valence-electron chi connectivity index (χ0n) is 14.4. The van der Waals surface area contributed by atoms with Crippen LogP contribution >= 0.6 is 11.6 Å². The van der Waals surface area contributed by atoms with Gasteiger partial charge in [-0.15, -0.1) is 0 Å². The highest BCUT2D eigenvalue weighted by Crippen LogP contribution is 2.27. The number of anilines is 2. The van der Waals surface area contributed by atoms with Crippen LogP contribution in [0.1, 0.15) is 24.4 Å². The monoisotopic (exact) mass is 371 g/mol. The van der Waals surface area contributed by atoms with E-state index in [4.69, 9.17) is 11.6 Å². The molecule has 26 heavy (non-hydrogen) atoms. The first-order valence-electron chi connectivity index (χ1n) is 8.96. The van der Waals surface area contributed by atoms with Gasteiger partial charge in [0.1, 0.15) is 5.82 Å². The normalized spacial score (nSPS) is 22.6. The molecule has 4 rings (SSSR count).